The third-order valence-electron chi connectivity index (χ3n) is 5.31. The molecule has 6 nitrogen and oxygen atoms in total. The lowest BCUT2D eigenvalue weighted by Gasteiger charge is -2.22. The second-order valence-electron chi connectivity index (χ2n) is 7.12. The Morgan fingerprint density at radius 3 is 2.96 bits per heavy atom. The van der Waals surface area contributed by atoms with Gasteiger partial charge in [-0.15, -0.1) is 12.4 Å². The Morgan fingerprint density at radius 2 is 2.19 bits per heavy atom. The summed E-state index contributed by atoms with van der Waals surface area (Å²) in [6.07, 6.45) is 4.16. The quantitative estimate of drug-likeness (QED) is 0.643. The van der Waals surface area contributed by atoms with E-state index in [1.807, 2.05) is 16.9 Å². The largest absolute Gasteiger partial charge is 0.358 e. The molecule has 0 aliphatic carbocycles. The summed E-state index contributed by atoms with van der Waals surface area (Å²) in [6, 6.07) is 8.40. The molecule has 2 aromatic heterocycles. The van der Waals surface area contributed by atoms with Crippen molar-refractivity contribution in [3.8, 4) is 0 Å². The molecular weight excluding hydrogens is 362 g/mol. The Morgan fingerprint density at radius 1 is 1.33 bits per heavy atom. The number of benzene rings is 1. The number of carbonyl (C=O) groups is 1. The van der Waals surface area contributed by atoms with Crippen molar-refractivity contribution in [1.29, 1.82) is 0 Å². The molecule has 1 fully saturated rings. The fourth-order valence-electron chi connectivity index (χ4n) is 3.61. The number of aryl methyl sites for hydroxylation is 2. The van der Waals surface area contributed by atoms with E-state index in [2.05, 4.69) is 46.7 Å². The molecule has 144 valence electrons. The van der Waals surface area contributed by atoms with Gasteiger partial charge in [0.15, 0.2) is 0 Å². The van der Waals surface area contributed by atoms with Crippen LogP contribution in [0.3, 0.4) is 0 Å². The molecule has 3 N–H and O–H groups in total. The predicted molar refractivity (Wildman–Crippen MR) is 110 cm³/mol. The lowest BCUT2D eigenvalue weighted by atomic mass is 10.1. The van der Waals surface area contributed by atoms with E-state index in [1.54, 1.807) is 6.07 Å². The van der Waals surface area contributed by atoms with Crippen LogP contribution >= 0.6 is 12.4 Å². The van der Waals surface area contributed by atoms with Crippen molar-refractivity contribution < 1.29 is 4.79 Å². The zero-order chi connectivity index (χ0) is 18.1. The maximum absolute atomic E-state index is 12.4. The molecule has 1 unspecified atom stereocenters. The molecule has 7 heteroatoms. The fourth-order valence-corrected chi connectivity index (χ4v) is 3.61. The highest BCUT2D eigenvalue weighted by Gasteiger charge is 2.17. The van der Waals surface area contributed by atoms with Gasteiger partial charge in [0.1, 0.15) is 5.69 Å². The molecular formula is C20H26ClN5O. The van der Waals surface area contributed by atoms with Crippen molar-refractivity contribution >= 4 is 29.2 Å². The summed E-state index contributed by atoms with van der Waals surface area (Å²) in [5.41, 5.74) is 5.14. The Bertz CT molecular complexity index is 939. The van der Waals surface area contributed by atoms with Gasteiger partial charge < -0.3 is 15.6 Å². The van der Waals surface area contributed by atoms with E-state index in [1.165, 1.54) is 16.6 Å². The molecule has 3 heterocycles. The van der Waals surface area contributed by atoms with Gasteiger partial charge in [0.2, 0.25) is 0 Å². The summed E-state index contributed by atoms with van der Waals surface area (Å²) < 4.78 is 1.92. The first-order valence-corrected chi connectivity index (χ1v) is 9.23. The van der Waals surface area contributed by atoms with E-state index in [-0.39, 0.29) is 18.3 Å². The number of nitrogens with one attached hydrogen (secondary N) is 3. The highest BCUT2D eigenvalue weighted by Crippen LogP contribution is 2.22. The molecule has 0 saturated carbocycles. The summed E-state index contributed by atoms with van der Waals surface area (Å²) in [7, 11) is 0. The number of aromatic amines is 1. The number of rotatable bonds is 4. The Hall–Kier alpha value is -2.31. The van der Waals surface area contributed by atoms with Crippen LogP contribution < -0.4 is 10.6 Å². The van der Waals surface area contributed by atoms with Crippen molar-refractivity contribution in [3.05, 3.63) is 53.0 Å². The number of hydrogen-bond donors (Lipinski definition) is 3. The van der Waals surface area contributed by atoms with Crippen LogP contribution in [0, 0.1) is 13.8 Å². The highest BCUT2D eigenvalue weighted by atomic mass is 35.5. The molecule has 1 atom stereocenters. The second kappa shape index (κ2) is 8.15. The third kappa shape index (κ3) is 4.01. The van der Waals surface area contributed by atoms with Gasteiger partial charge in [-0.05, 0) is 62.6 Å². The van der Waals surface area contributed by atoms with E-state index in [9.17, 15) is 4.79 Å². The monoisotopic (exact) mass is 387 g/mol. The first kappa shape index (κ1) is 19.5. The van der Waals surface area contributed by atoms with Gasteiger partial charge in [0.05, 0.1) is 6.04 Å². The van der Waals surface area contributed by atoms with E-state index in [0.717, 1.165) is 37.0 Å². The van der Waals surface area contributed by atoms with Crippen molar-refractivity contribution in [1.82, 2.24) is 25.4 Å². The number of piperidine rings is 1. The maximum Gasteiger partial charge on any atom is 0.272 e. The van der Waals surface area contributed by atoms with E-state index >= 15 is 0 Å². The van der Waals surface area contributed by atoms with E-state index < -0.39 is 0 Å². The standard InChI is InChI=1S/C20H25N5O.ClH/c1-13-14(2)23-18-6-5-15(10-17(13)18)11-22-20(26)19-7-9-25(24-19)16-4-3-8-21-12-16;/h5-7,9-10,16,21,23H,3-4,8,11-12H2,1-2H3,(H,22,26);1H. The lowest BCUT2D eigenvalue weighted by molar-refractivity contribution is 0.0944. The number of nitrogens with zero attached hydrogens (tertiary/aromatic N) is 2. The number of amides is 1. The van der Waals surface area contributed by atoms with Gasteiger partial charge >= 0.3 is 0 Å². The number of hydrogen-bond acceptors (Lipinski definition) is 3. The average Bonchev–Trinajstić information content (AvgIpc) is 3.27. The lowest BCUT2D eigenvalue weighted by Crippen LogP contribution is -2.32. The van der Waals surface area contributed by atoms with Gasteiger partial charge in [-0.3, -0.25) is 9.48 Å². The van der Waals surface area contributed by atoms with Crippen LogP contribution in [0.4, 0.5) is 0 Å². The Balaban J connectivity index is 0.00000210. The Labute approximate surface area is 165 Å². The van der Waals surface area contributed by atoms with Gasteiger partial charge in [0, 0.05) is 35.9 Å². The van der Waals surface area contributed by atoms with Crippen molar-refractivity contribution in [3.63, 3.8) is 0 Å². The summed E-state index contributed by atoms with van der Waals surface area (Å²) in [5, 5.41) is 12.0. The van der Waals surface area contributed by atoms with Gasteiger partial charge in [-0.1, -0.05) is 6.07 Å². The third-order valence-corrected chi connectivity index (χ3v) is 5.31. The molecule has 0 bridgehead atoms. The van der Waals surface area contributed by atoms with Crippen LogP contribution in [0.25, 0.3) is 10.9 Å². The van der Waals surface area contributed by atoms with E-state index in [4.69, 9.17) is 0 Å². The topological polar surface area (TPSA) is 74.7 Å². The molecule has 3 aromatic rings. The van der Waals surface area contributed by atoms with Crippen molar-refractivity contribution in [2.24, 2.45) is 0 Å². The zero-order valence-electron chi connectivity index (χ0n) is 15.7. The second-order valence-corrected chi connectivity index (χ2v) is 7.12. The minimum atomic E-state index is -0.130. The van der Waals surface area contributed by atoms with Crippen LogP contribution in [-0.2, 0) is 6.54 Å². The first-order valence-electron chi connectivity index (χ1n) is 9.23. The number of H-pyrrole nitrogens is 1. The zero-order valence-corrected chi connectivity index (χ0v) is 16.5. The number of aromatic nitrogens is 3. The van der Waals surface area contributed by atoms with Crippen molar-refractivity contribution in [2.45, 2.75) is 39.3 Å². The van der Waals surface area contributed by atoms with Gasteiger partial charge in [0.25, 0.3) is 5.91 Å². The molecule has 4 rings (SSSR count). The van der Waals surface area contributed by atoms with Crippen LogP contribution in [0.15, 0.2) is 30.5 Å². The Kier molecular flexibility index (Phi) is 5.87. The van der Waals surface area contributed by atoms with Gasteiger partial charge in [-0.2, -0.15) is 5.10 Å². The van der Waals surface area contributed by atoms with Crippen LogP contribution in [-0.4, -0.2) is 33.8 Å². The molecule has 1 amide bonds. The number of halogens is 1. The smallest absolute Gasteiger partial charge is 0.272 e. The molecule has 0 radical (unpaired) electrons. The van der Waals surface area contributed by atoms with Crippen LogP contribution in [0.2, 0.25) is 0 Å². The summed E-state index contributed by atoms with van der Waals surface area (Å²) >= 11 is 0. The van der Waals surface area contributed by atoms with Gasteiger partial charge in [-0.25, -0.2) is 0 Å². The molecule has 1 aliphatic rings. The molecule has 0 spiro atoms. The van der Waals surface area contributed by atoms with Crippen LogP contribution in [0.1, 0.15) is 46.2 Å². The fraction of sp³-hybridized carbons (Fsp3) is 0.400. The molecule has 1 aliphatic heterocycles. The first-order chi connectivity index (χ1) is 12.6. The van der Waals surface area contributed by atoms with E-state index in [0.29, 0.717) is 18.3 Å². The molecule has 1 aromatic carbocycles. The number of fused-ring (bicyclic) bond motifs is 1. The SMILES string of the molecule is Cc1[nH]c2ccc(CNC(=O)c3ccn(C4CCCNC4)n3)cc2c1C.Cl. The average molecular weight is 388 g/mol. The highest BCUT2D eigenvalue weighted by molar-refractivity contribution is 5.92. The molecule has 27 heavy (non-hydrogen) atoms. The molecule has 1 saturated heterocycles. The normalized spacial score (nSPS) is 16.9. The minimum Gasteiger partial charge on any atom is -0.358 e. The minimum absolute atomic E-state index is 0. The van der Waals surface area contributed by atoms with Crippen LogP contribution in [0.5, 0.6) is 0 Å². The summed E-state index contributed by atoms with van der Waals surface area (Å²) in [4.78, 5) is 15.8. The van der Waals surface area contributed by atoms with Crippen molar-refractivity contribution in [2.75, 3.05) is 13.1 Å². The summed E-state index contributed by atoms with van der Waals surface area (Å²) in [5.74, 6) is -0.130. The number of carbonyl (C=O) groups excluding carboxylic acids is 1. The predicted octanol–water partition coefficient (Wildman–Crippen LogP) is 3.26. The maximum atomic E-state index is 12.4. The summed E-state index contributed by atoms with van der Waals surface area (Å²) in [6.45, 7) is 6.67.